The Labute approximate surface area is 145 Å². The number of rotatable bonds is 5. The summed E-state index contributed by atoms with van der Waals surface area (Å²) in [6.07, 6.45) is 0. The molecule has 5 heteroatoms. The second kappa shape index (κ2) is 7.08. The van der Waals surface area contributed by atoms with Crippen LogP contribution in [0.3, 0.4) is 0 Å². The first-order valence-corrected chi connectivity index (χ1v) is 8.02. The molecule has 3 rings (SSSR count). The average Bonchev–Trinajstić information content (AvgIpc) is 2.57. The molecule has 1 aromatic heterocycles. The smallest absolute Gasteiger partial charge is 0.232 e. The zero-order chi connectivity index (χ0) is 16.9. The van der Waals surface area contributed by atoms with Gasteiger partial charge in [-0.05, 0) is 32.4 Å². The van der Waals surface area contributed by atoms with Crippen LogP contribution in [0, 0.1) is 6.92 Å². The molecule has 24 heavy (non-hydrogen) atoms. The molecule has 0 bridgehead atoms. The van der Waals surface area contributed by atoms with Crippen LogP contribution in [0.1, 0.15) is 22.3 Å². The van der Waals surface area contributed by atoms with E-state index in [4.69, 9.17) is 0 Å². The normalized spacial score (nSPS) is 10.7. The molecule has 126 valence electrons. The van der Waals surface area contributed by atoms with E-state index in [0.717, 1.165) is 16.8 Å². The van der Waals surface area contributed by atoms with E-state index < -0.39 is 0 Å². The number of para-hydroxylation sites is 1. The third-order valence-electron chi connectivity index (χ3n) is 3.48. The van der Waals surface area contributed by atoms with Gasteiger partial charge >= 0.3 is 0 Å². The van der Waals surface area contributed by atoms with Crippen LogP contribution >= 0.6 is 0 Å². The summed E-state index contributed by atoms with van der Waals surface area (Å²) < 4.78 is 0. The van der Waals surface area contributed by atoms with Crippen molar-refractivity contribution in [2.24, 2.45) is 0 Å². The van der Waals surface area contributed by atoms with Gasteiger partial charge in [-0.2, -0.15) is 15.0 Å². The zero-order valence-electron chi connectivity index (χ0n) is 14.1. The largest absolute Gasteiger partial charge is 0.352 e. The topological polar surface area (TPSA) is 62.7 Å². The minimum Gasteiger partial charge on any atom is -0.352 e. The van der Waals surface area contributed by atoms with E-state index in [0.29, 0.717) is 17.7 Å². The van der Waals surface area contributed by atoms with Gasteiger partial charge in [-0.15, -0.1) is 0 Å². The molecular formula is C19H25N5. The Morgan fingerprint density at radius 3 is 2.21 bits per heavy atom. The lowest BCUT2D eigenvalue weighted by atomic mass is 10.2. The number of nitrogens with one attached hydrogen (secondary N) is 2. The van der Waals surface area contributed by atoms with Gasteiger partial charge in [0.2, 0.25) is 11.9 Å². The van der Waals surface area contributed by atoms with Crippen molar-refractivity contribution < 1.29 is 2.85 Å². The fraction of sp³-hybridized carbons (Fsp3) is 0.211. The molecule has 0 atom stereocenters. The molecule has 0 spiro atoms. The second-order valence-electron chi connectivity index (χ2n) is 5.91. The van der Waals surface area contributed by atoms with E-state index in [2.05, 4.69) is 52.4 Å². The Balaban J connectivity index is 0.00000169. The van der Waals surface area contributed by atoms with Crippen LogP contribution in [0.25, 0.3) is 11.4 Å². The molecule has 0 saturated heterocycles. The molecule has 0 saturated carbocycles. The molecule has 0 aliphatic heterocycles. The second-order valence-corrected chi connectivity index (χ2v) is 5.91. The van der Waals surface area contributed by atoms with Crippen molar-refractivity contribution in [3.63, 3.8) is 0 Å². The monoisotopic (exact) mass is 323 g/mol. The van der Waals surface area contributed by atoms with Crippen LogP contribution in [0.4, 0.5) is 17.6 Å². The van der Waals surface area contributed by atoms with Gasteiger partial charge < -0.3 is 10.6 Å². The first-order chi connectivity index (χ1) is 11.6. The average molecular weight is 323 g/mol. The predicted molar refractivity (Wildman–Crippen MR) is 103 cm³/mol. The van der Waals surface area contributed by atoms with Crippen molar-refractivity contribution in [3.05, 3.63) is 60.2 Å². The van der Waals surface area contributed by atoms with Crippen molar-refractivity contribution in [3.8, 4) is 11.4 Å². The number of hydrogen-bond acceptors (Lipinski definition) is 5. The number of nitrogens with zero attached hydrogens (tertiary/aromatic N) is 3. The van der Waals surface area contributed by atoms with Gasteiger partial charge in [0.25, 0.3) is 0 Å². The van der Waals surface area contributed by atoms with Gasteiger partial charge in [0, 0.05) is 20.1 Å². The SMILES string of the molecule is Cc1ccccc1Nc1nc(NC(C)C)nc(-c2ccccc2)n1.[HH].[HH]. The fourth-order valence-electron chi connectivity index (χ4n) is 2.30. The maximum absolute atomic E-state index is 4.57. The third-order valence-corrected chi connectivity index (χ3v) is 3.48. The minimum atomic E-state index is 0. The molecule has 3 aromatic rings. The Kier molecular flexibility index (Phi) is 4.70. The Hall–Kier alpha value is -2.95. The molecule has 2 N–H and O–H groups in total. The summed E-state index contributed by atoms with van der Waals surface area (Å²) in [7, 11) is 0. The molecule has 0 aliphatic rings. The van der Waals surface area contributed by atoms with Crippen molar-refractivity contribution in [1.29, 1.82) is 0 Å². The van der Waals surface area contributed by atoms with Gasteiger partial charge in [0.15, 0.2) is 5.82 Å². The number of aryl methyl sites for hydroxylation is 1. The minimum absolute atomic E-state index is 0. The lowest BCUT2D eigenvalue weighted by Crippen LogP contribution is -2.14. The first-order valence-electron chi connectivity index (χ1n) is 8.02. The van der Waals surface area contributed by atoms with Crippen LogP contribution in [0.15, 0.2) is 54.6 Å². The summed E-state index contributed by atoms with van der Waals surface area (Å²) in [5.41, 5.74) is 3.08. The summed E-state index contributed by atoms with van der Waals surface area (Å²) in [4.78, 5) is 13.6. The van der Waals surface area contributed by atoms with Gasteiger partial charge in [-0.3, -0.25) is 0 Å². The van der Waals surface area contributed by atoms with E-state index in [1.165, 1.54) is 0 Å². The molecule has 1 heterocycles. The van der Waals surface area contributed by atoms with E-state index in [1.807, 2.05) is 48.5 Å². The third kappa shape index (κ3) is 3.87. The van der Waals surface area contributed by atoms with Crippen LogP contribution in [0.2, 0.25) is 0 Å². The number of anilines is 3. The van der Waals surface area contributed by atoms with E-state index in [1.54, 1.807) is 0 Å². The molecule has 2 aromatic carbocycles. The van der Waals surface area contributed by atoms with Crippen molar-refractivity contribution in [2.75, 3.05) is 10.6 Å². The van der Waals surface area contributed by atoms with Crippen LogP contribution in [-0.4, -0.2) is 21.0 Å². The quantitative estimate of drug-likeness (QED) is 0.699. The summed E-state index contributed by atoms with van der Waals surface area (Å²) in [6.45, 7) is 6.16. The number of aromatic nitrogens is 3. The standard InChI is InChI=1S/C19H21N5.2H2/c1-13(2)20-18-22-17(15-10-5-4-6-11-15)23-19(24-18)21-16-12-8-7-9-14(16)3;;/h4-13H,1-3H3,(H2,20,21,22,23,24);2*1H. The fourth-order valence-corrected chi connectivity index (χ4v) is 2.30. The summed E-state index contributed by atoms with van der Waals surface area (Å²) in [5.74, 6) is 1.74. The Bertz CT molecular complexity index is 825. The van der Waals surface area contributed by atoms with Crippen molar-refractivity contribution in [2.45, 2.75) is 26.8 Å². The molecule has 0 unspecified atom stereocenters. The van der Waals surface area contributed by atoms with Crippen LogP contribution < -0.4 is 10.6 Å². The predicted octanol–water partition coefficient (Wildman–Crippen LogP) is 4.90. The lowest BCUT2D eigenvalue weighted by molar-refractivity contribution is 0.869. The highest BCUT2D eigenvalue weighted by Crippen LogP contribution is 2.22. The maximum atomic E-state index is 4.57. The highest BCUT2D eigenvalue weighted by Gasteiger charge is 2.10. The number of hydrogen-bond donors (Lipinski definition) is 2. The zero-order valence-corrected chi connectivity index (χ0v) is 14.1. The van der Waals surface area contributed by atoms with Gasteiger partial charge in [-0.25, -0.2) is 0 Å². The lowest BCUT2D eigenvalue weighted by Gasteiger charge is -2.13. The highest BCUT2D eigenvalue weighted by molar-refractivity contribution is 5.62. The van der Waals surface area contributed by atoms with E-state index in [9.17, 15) is 0 Å². The molecule has 5 nitrogen and oxygen atoms in total. The van der Waals surface area contributed by atoms with Gasteiger partial charge in [0.05, 0.1) is 0 Å². The van der Waals surface area contributed by atoms with Crippen LogP contribution in [0.5, 0.6) is 0 Å². The van der Waals surface area contributed by atoms with Crippen molar-refractivity contribution in [1.82, 2.24) is 15.0 Å². The molecule has 0 aliphatic carbocycles. The summed E-state index contributed by atoms with van der Waals surface area (Å²) >= 11 is 0. The van der Waals surface area contributed by atoms with Crippen molar-refractivity contribution >= 4 is 17.6 Å². The van der Waals surface area contributed by atoms with Gasteiger partial charge in [0.1, 0.15) is 0 Å². The Morgan fingerprint density at radius 1 is 0.833 bits per heavy atom. The molecule has 0 radical (unpaired) electrons. The highest BCUT2D eigenvalue weighted by atomic mass is 15.2. The summed E-state index contributed by atoms with van der Waals surface area (Å²) in [5, 5.41) is 6.55. The van der Waals surface area contributed by atoms with Gasteiger partial charge in [-0.1, -0.05) is 48.5 Å². The molecule has 0 amide bonds. The van der Waals surface area contributed by atoms with E-state index >= 15 is 0 Å². The molecular weight excluding hydrogens is 298 g/mol. The first kappa shape index (κ1) is 15.9. The molecule has 0 fully saturated rings. The summed E-state index contributed by atoms with van der Waals surface area (Å²) in [6, 6.07) is 18.2. The Morgan fingerprint density at radius 2 is 1.50 bits per heavy atom. The maximum Gasteiger partial charge on any atom is 0.232 e. The number of benzene rings is 2. The van der Waals surface area contributed by atoms with E-state index in [-0.39, 0.29) is 8.90 Å². The van der Waals surface area contributed by atoms with Crippen LogP contribution in [-0.2, 0) is 0 Å².